The third kappa shape index (κ3) is 4.15. The zero-order valence-corrected chi connectivity index (χ0v) is 15.5. The van der Waals surface area contributed by atoms with E-state index in [1.807, 2.05) is 54.6 Å². The van der Waals surface area contributed by atoms with Gasteiger partial charge in [0.05, 0.1) is 11.8 Å². The number of oxime groups is 1. The number of hydrogen-bond acceptors (Lipinski definition) is 7. The van der Waals surface area contributed by atoms with Crippen molar-refractivity contribution in [3.63, 3.8) is 0 Å². The quantitative estimate of drug-likeness (QED) is 0.524. The molecule has 1 N–H and O–H groups in total. The lowest BCUT2D eigenvalue weighted by molar-refractivity contribution is 0.0775. The molecule has 1 aliphatic heterocycles. The minimum Gasteiger partial charge on any atom is -0.387 e. The molecule has 2 heterocycles. The fourth-order valence-electron chi connectivity index (χ4n) is 3.06. The summed E-state index contributed by atoms with van der Waals surface area (Å²) in [6.07, 6.45) is 0.613. The molecule has 1 saturated heterocycles. The summed E-state index contributed by atoms with van der Waals surface area (Å²) >= 11 is 0. The van der Waals surface area contributed by atoms with Crippen LogP contribution in [0.1, 0.15) is 34.5 Å². The second-order valence-electron chi connectivity index (χ2n) is 6.61. The summed E-state index contributed by atoms with van der Waals surface area (Å²) in [5.74, 6) is 1.03. The summed E-state index contributed by atoms with van der Waals surface area (Å²) in [4.78, 5) is 21.8. The van der Waals surface area contributed by atoms with Crippen LogP contribution in [0.2, 0.25) is 0 Å². The van der Waals surface area contributed by atoms with Crippen LogP contribution in [-0.2, 0) is 4.84 Å². The molecule has 1 fully saturated rings. The van der Waals surface area contributed by atoms with E-state index in [-0.39, 0.29) is 18.4 Å². The third-order valence-electron chi connectivity index (χ3n) is 4.54. The number of carbonyl (C=O) groups excluding carboxylic acids is 1. The van der Waals surface area contributed by atoms with Crippen molar-refractivity contribution in [3.05, 3.63) is 71.9 Å². The number of nitrogens with zero attached hydrogens (tertiary/aromatic N) is 3. The van der Waals surface area contributed by atoms with Crippen molar-refractivity contribution in [1.82, 2.24) is 15.5 Å². The van der Waals surface area contributed by atoms with Crippen LogP contribution in [0.5, 0.6) is 0 Å². The number of nitrogens with one attached hydrogen (secondary N) is 1. The Hall–Kier alpha value is -3.32. The lowest BCUT2D eigenvalue weighted by atomic mass is 10.0. The Bertz CT molecular complexity index is 980. The van der Waals surface area contributed by atoms with Gasteiger partial charge in [-0.05, 0) is 18.1 Å². The molecule has 2 aromatic carbocycles. The van der Waals surface area contributed by atoms with Crippen molar-refractivity contribution >= 4 is 11.5 Å². The topological polar surface area (TPSA) is 89.6 Å². The maximum Gasteiger partial charge on any atom is 0.244 e. The highest BCUT2D eigenvalue weighted by Gasteiger charge is 2.26. The summed E-state index contributed by atoms with van der Waals surface area (Å²) < 4.78 is 5.17. The van der Waals surface area contributed by atoms with Gasteiger partial charge in [0.1, 0.15) is 0 Å². The Morgan fingerprint density at radius 2 is 1.93 bits per heavy atom. The third-order valence-corrected chi connectivity index (χ3v) is 4.54. The van der Waals surface area contributed by atoms with Crippen LogP contribution in [0.3, 0.4) is 0 Å². The lowest BCUT2D eigenvalue weighted by Crippen LogP contribution is -2.14. The number of ketones is 1. The van der Waals surface area contributed by atoms with E-state index in [0.717, 1.165) is 16.8 Å². The molecule has 0 bridgehead atoms. The van der Waals surface area contributed by atoms with E-state index >= 15 is 0 Å². The first-order valence-corrected chi connectivity index (χ1v) is 9.09. The largest absolute Gasteiger partial charge is 0.387 e. The number of rotatable bonds is 6. The molecule has 0 amide bonds. The Morgan fingerprint density at radius 1 is 1.18 bits per heavy atom. The molecule has 1 atom stereocenters. The summed E-state index contributed by atoms with van der Waals surface area (Å²) in [6.45, 7) is 2.24. The Morgan fingerprint density at radius 3 is 2.64 bits per heavy atom. The van der Waals surface area contributed by atoms with Gasteiger partial charge in [-0.15, -0.1) is 0 Å². The highest BCUT2D eigenvalue weighted by atomic mass is 16.6. The minimum absolute atomic E-state index is 0.0650. The molecule has 7 nitrogen and oxygen atoms in total. The number of Topliss-reactive ketones (excluding diaryl/α,β-unsaturated/α-hetero) is 1. The molecule has 0 radical (unpaired) electrons. The van der Waals surface area contributed by atoms with Crippen LogP contribution in [0, 0.1) is 6.92 Å². The molecular weight excluding hydrogens is 356 g/mol. The summed E-state index contributed by atoms with van der Waals surface area (Å²) in [6, 6.07) is 17.5. The van der Waals surface area contributed by atoms with Gasteiger partial charge in [0, 0.05) is 18.5 Å². The zero-order chi connectivity index (χ0) is 19.3. The maximum absolute atomic E-state index is 12.3. The molecule has 28 heavy (non-hydrogen) atoms. The number of benzene rings is 2. The predicted octanol–water partition coefficient (Wildman–Crippen LogP) is 3.33. The normalized spacial score (nSPS) is 17.8. The van der Waals surface area contributed by atoms with Crippen molar-refractivity contribution in [2.24, 2.45) is 5.16 Å². The Kier molecular flexibility index (Phi) is 5.25. The molecule has 0 saturated carbocycles. The fraction of sp³-hybridized carbons (Fsp3) is 0.238. The van der Waals surface area contributed by atoms with Crippen LogP contribution in [0.15, 0.2) is 64.3 Å². The fourth-order valence-corrected chi connectivity index (χ4v) is 3.06. The van der Waals surface area contributed by atoms with E-state index < -0.39 is 0 Å². The van der Waals surface area contributed by atoms with E-state index in [9.17, 15) is 4.79 Å². The molecule has 4 rings (SSSR count). The first-order valence-electron chi connectivity index (χ1n) is 9.09. The van der Waals surface area contributed by atoms with Crippen molar-refractivity contribution in [1.29, 1.82) is 0 Å². The van der Waals surface area contributed by atoms with E-state index in [0.29, 0.717) is 30.2 Å². The van der Waals surface area contributed by atoms with Crippen LogP contribution < -0.4 is 5.32 Å². The molecule has 0 aliphatic carbocycles. The Labute approximate surface area is 162 Å². The molecule has 0 spiro atoms. The van der Waals surface area contributed by atoms with Gasteiger partial charge >= 0.3 is 0 Å². The predicted molar refractivity (Wildman–Crippen MR) is 104 cm³/mol. The van der Waals surface area contributed by atoms with Gasteiger partial charge in [-0.25, -0.2) is 0 Å². The van der Waals surface area contributed by atoms with E-state index in [1.165, 1.54) is 0 Å². The molecule has 3 aromatic rings. The zero-order valence-electron chi connectivity index (χ0n) is 15.5. The van der Waals surface area contributed by atoms with Crippen molar-refractivity contribution in [2.45, 2.75) is 19.4 Å². The number of hydrogen-bond donors (Lipinski definition) is 1. The van der Waals surface area contributed by atoms with Crippen LogP contribution in [-0.4, -0.2) is 34.8 Å². The summed E-state index contributed by atoms with van der Waals surface area (Å²) in [7, 11) is 0. The monoisotopic (exact) mass is 376 g/mol. The van der Waals surface area contributed by atoms with Crippen LogP contribution in [0.25, 0.3) is 11.1 Å². The van der Waals surface area contributed by atoms with Gasteiger partial charge in [0.15, 0.2) is 12.4 Å². The van der Waals surface area contributed by atoms with Gasteiger partial charge in [0.2, 0.25) is 11.7 Å². The van der Waals surface area contributed by atoms with Crippen molar-refractivity contribution < 1.29 is 14.2 Å². The van der Waals surface area contributed by atoms with Crippen LogP contribution >= 0.6 is 0 Å². The van der Waals surface area contributed by atoms with Gasteiger partial charge in [-0.3, -0.25) is 4.79 Å². The van der Waals surface area contributed by atoms with Gasteiger partial charge < -0.3 is 14.7 Å². The number of carbonyl (C=O) groups is 1. The van der Waals surface area contributed by atoms with Crippen molar-refractivity contribution in [2.75, 3.05) is 13.2 Å². The molecule has 1 aliphatic rings. The smallest absolute Gasteiger partial charge is 0.244 e. The van der Waals surface area contributed by atoms with Gasteiger partial charge in [0.25, 0.3) is 0 Å². The van der Waals surface area contributed by atoms with E-state index in [1.54, 1.807) is 6.92 Å². The molecule has 142 valence electrons. The van der Waals surface area contributed by atoms with E-state index in [2.05, 4.69) is 20.6 Å². The van der Waals surface area contributed by atoms with E-state index in [4.69, 9.17) is 9.36 Å². The van der Waals surface area contributed by atoms with Gasteiger partial charge in [-0.2, -0.15) is 4.98 Å². The minimum atomic E-state index is -0.112. The standard InChI is InChI=1S/C21H20N4O3/c1-14-23-21(28-24-14)19-11-18(12-22-19)25-27-13-20(26)17-9-7-16(8-10-17)15-5-3-2-4-6-15/h2-10,19,22H,11-13H2,1H3. The molecule has 1 unspecified atom stereocenters. The Balaban J connectivity index is 1.30. The molecule has 1 aromatic heterocycles. The number of aromatic nitrogens is 2. The van der Waals surface area contributed by atoms with Crippen LogP contribution in [0.4, 0.5) is 0 Å². The van der Waals surface area contributed by atoms with Gasteiger partial charge in [-0.1, -0.05) is 64.9 Å². The van der Waals surface area contributed by atoms with Crippen molar-refractivity contribution in [3.8, 4) is 11.1 Å². The average Bonchev–Trinajstić information content (AvgIpc) is 3.38. The lowest BCUT2D eigenvalue weighted by Gasteiger charge is -2.04. The highest BCUT2D eigenvalue weighted by Crippen LogP contribution is 2.21. The molecular formula is C21H20N4O3. The second-order valence-corrected chi connectivity index (χ2v) is 6.61. The number of aryl methyl sites for hydroxylation is 1. The first-order chi connectivity index (χ1) is 13.7. The second kappa shape index (κ2) is 8.14. The summed E-state index contributed by atoms with van der Waals surface area (Å²) in [5, 5.41) is 11.1. The first kappa shape index (κ1) is 18.1. The molecule has 7 heteroatoms. The average molecular weight is 376 g/mol. The summed E-state index contributed by atoms with van der Waals surface area (Å²) in [5.41, 5.74) is 3.60. The SMILES string of the molecule is Cc1noc(C2CC(=NOCC(=O)c3ccc(-c4ccccc4)cc3)CN2)n1. The maximum atomic E-state index is 12.3. The highest BCUT2D eigenvalue weighted by molar-refractivity contribution is 5.97.